The maximum absolute atomic E-state index is 12.7. The van der Waals surface area contributed by atoms with Gasteiger partial charge in [0.25, 0.3) is 0 Å². The summed E-state index contributed by atoms with van der Waals surface area (Å²) < 4.78 is 12.7. The van der Waals surface area contributed by atoms with Gasteiger partial charge in [0.2, 0.25) is 0 Å². The quantitative estimate of drug-likeness (QED) is 0.856. The smallest absolute Gasteiger partial charge is 0.123 e. The molecule has 90 valence electrons. The van der Waals surface area contributed by atoms with Crippen LogP contribution in [0.2, 0.25) is 0 Å². The molecular formula is C12H13FN2OS. The predicted octanol–water partition coefficient (Wildman–Crippen LogP) is 2.11. The lowest BCUT2D eigenvalue weighted by molar-refractivity contribution is 0.174. The number of aliphatic hydroxyl groups excluding tert-OH is 1. The summed E-state index contributed by atoms with van der Waals surface area (Å²) in [5.41, 5.74) is 3.44. The highest BCUT2D eigenvalue weighted by atomic mass is 32.1. The first-order valence-electron chi connectivity index (χ1n) is 5.27. The summed E-state index contributed by atoms with van der Waals surface area (Å²) in [6.07, 6.45) is -0.630. The summed E-state index contributed by atoms with van der Waals surface area (Å²) >= 11 is 1.54. The van der Waals surface area contributed by atoms with Crippen LogP contribution in [0.25, 0.3) is 0 Å². The van der Waals surface area contributed by atoms with Crippen molar-refractivity contribution < 1.29 is 9.50 Å². The average molecular weight is 252 g/mol. The number of aliphatic hydroxyl groups is 1. The normalized spacial score (nSPS) is 12.6. The number of nitrogens with zero attached hydrogens (tertiary/aromatic N) is 1. The number of halogens is 1. The van der Waals surface area contributed by atoms with E-state index in [1.54, 1.807) is 29.0 Å². The molecule has 1 aromatic carbocycles. The molecular weight excluding hydrogens is 239 g/mol. The van der Waals surface area contributed by atoms with Crippen molar-refractivity contribution in [1.82, 2.24) is 10.3 Å². The van der Waals surface area contributed by atoms with Crippen LogP contribution in [0, 0.1) is 5.82 Å². The molecule has 0 bridgehead atoms. The molecule has 2 rings (SSSR count). The van der Waals surface area contributed by atoms with Crippen LogP contribution in [-0.4, -0.2) is 16.6 Å². The van der Waals surface area contributed by atoms with Crippen LogP contribution in [0.1, 0.15) is 17.4 Å². The number of rotatable bonds is 5. The summed E-state index contributed by atoms with van der Waals surface area (Å²) in [7, 11) is 0. The van der Waals surface area contributed by atoms with Crippen LogP contribution < -0.4 is 5.32 Å². The van der Waals surface area contributed by atoms with Crippen LogP contribution >= 0.6 is 11.3 Å². The summed E-state index contributed by atoms with van der Waals surface area (Å²) in [4.78, 5) is 4.12. The molecule has 0 fully saturated rings. The molecule has 0 spiro atoms. The van der Waals surface area contributed by atoms with Gasteiger partial charge in [-0.1, -0.05) is 12.1 Å². The van der Waals surface area contributed by atoms with E-state index in [0.29, 0.717) is 18.7 Å². The molecule has 2 aromatic rings. The maximum atomic E-state index is 12.7. The third kappa shape index (κ3) is 3.59. The summed E-state index contributed by atoms with van der Waals surface area (Å²) in [6.45, 7) is 1.05. The van der Waals surface area contributed by atoms with E-state index in [9.17, 15) is 9.50 Å². The number of nitrogens with one attached hydrogen (secondary N) is 1. The second-order valence-corrected chi connectivity index (χ2v) is 4.40. The fourth-order valence-corrected chi connectivity index (χ4v) is 2.02. The van der Waals surface area contributed by atoms with Crippen LogP contribution in [0.3, 0.4) is 0 Å². The Kier molecular flexibility index (Phi) is 4.19. The second-order valence-electron chi connectivity index (χ2n) is 3.68. The molecule has 0 aliphatic rings. The third-order valence-corrected chi connectivity index (χ3v) is 3.02. The van der Waals surface area contributed by atoms with Gasteiger partial charge in [0.05, 0.1) is 17.3 Å². The van der Waals surface area contributed by atoms with Crippen molar-refractivity contribution in [3.63, 3.8) is 0 Å². The van der Waals surface area contributed by atoms with E-state index >= 15 is 0 Å². The Balaban J connectivity index is 1.81. The number of aromatic nitrogens is 1. The van der Waals surface area contributed by atoms with Crippen molar-refractivity contribution in [1.29, 1.82) is 0 Å². The van der Waals surface area contributed by atoms with Gasteiger partial charge in [-0.15, -0.1) is 11.3 Å². The molecule has 1 unspecified atom stereocenters. The summed E-state index contributed by atoms with van der Waals surface area (Å²) in [5.74, 6) is -0.295. The molecule has 1 heterocycles. The highest BCUT2D eigenvalue weighted by molar-refractivity contribution is 7.07. The molecule has 1 atom stereocenters. The van der Waals surface area contributed by atoms with Gasteiger partial charge >= 0.3 is 0 Å². The van der Waals surface area contributed by atoms with Crippen molar-refractivity contribution in [3.8, 4) is 0 Å². The Bertz CT molecular complexity index is 444. The Morgan fingerprint density at radius 1 is 1.35 bits per heavy atom. The molecule has 0 amide bonds. The topological polar surface area (TPSA) is 45.1 Å². The minimum absolute atomic E-state index is 0.295. The first kappa shape index (κ1) is 12.2. The van der Waals surface area contributed by atoms with E-state index in [-0.39, 0.29) is 5.82 Å². The highest BCUT2D eigenvalue weighted by Crippen LogP contribution is 2.12. The molecule has 2 N–H and O–H groups in total. The van der Waals surface area contributed by atoms with Crippen LogP contribution in [0.15, 0.2) is 35.2 Å². The molecule has 0 aliphatic heterocycles. The second kappa shape index (κ2) is 5.86. The SMILES string of the molecule is OC(CNCc1cscn1)c1ccc(F)cc1. The minimum Gasteiger partial charge on any atom is -0.387 e. The van der Waals surface area contributed by atoms with Gasteiger partial charge in [0, 0.05) is 18.5 Å². The fourth-order valence-electron chi connectivity index (χ4n) is 1.46. The number of benzene rings is 1. The molecule has 0 saturated heterocycles. The minimum atomic E-state index is -0.630. The summed E-state index contributed by atoms with van der Waals surface area (Å²) in [6, 6.07) is 5.87. The van der Waals surface area contributed by atoms with Gasteiger partial charge in [-0.25, -0.2) is 9.37 Å². The zero-order chi connectivity index (χ0) is 12.1. The van der Waals surface area contributed by atoms with E-state index in [4.69, 9.17) is 0 Å². The molecule has 17 heavy (non-hydrogen) atoms. The fraction of sp³-hybridized carbons (Fsp3) is 0.250. The monoisotopic (exact) mass is 252 g/mol. The first-order chi connectivity index (χ1) is 8.25. The van der Waals surface area contributed by atoms with Crippen LogP contribution in [0.5, 0.6) is 0 Å². The third-order valence-electron chi connectivity index (χ3n) is 2.38. The van der Waals surface area contributed by atoms with Gasteiger partial charge < -0.3 is 10.4 Å². The molecule has 3 nitrogen and oxygen atoms in total. The average Bonchev–Trinajstić information content (AvgIpc) is 2.83. The highest BCUT2D eigenvalue weighted by Gasteiger charge is 2.07. The molecule has 1 aromatic heterocycles. The van der Waals surface area contributed by atoms with Crippen LogP contribution in [-0.2, 0) is 6.54 Å². The van der Waals surface area contributed by atoms with Gasteiger partial charge in [-0.3, -0.25) is 0 Å². The van der Waals surface area contributed by atoms with Crippen LogP contribution in [0.4, 0.5) is 4.39 Å². The predicted molar refractivity (Wildman–Crippen MR) is 65.2 cm³/mol. The summed E-state index contributed by atoms with van der Waals surface area (Å²) in [5, 5.41) is 14.9. The Morgan fingerprint density at radius 2 is 2.12 bits per heavy atom. The lowest BCUT2D eigenvalue weighted by atomic mass is 10.1. The van der Waals surface area contributed by atoms with E-state index in [1.165, 1.54) is 12.1 Å². The van der Waals surface area contributed by atoms with Gasteiger partial charge in [0.15, 0.2) is 0 Å². The largest absolute Gasteiger partial charge is 0.387 e. The number of thiazole rings is 1. The van der Waals surface area contributed by atoms with Gasteiger partial charge in [0.1, 0.15) is 5.82 Å². The first-order valence-corrected chi connectivity index (χ1v) is 6.21. The van der Waals surface area contributed by atoms with Crippen molar-refractivity contribution in [2.45, 2.75) is 12.6 Å². The van der Waals surface area contributed by atoms with E-state index in [1.807, 2.05) is 5.38 Å². The van der Waals surface area contributed by atoms with Gasteiger partial charge in [-0.2, -0.15) is 0 Å². The lowest BCUT2D eigenvalue weighted by Crippen LogP contribution is -2.21. The lowest BCUT2D eigenvalue weighted by Gasteiger charge is -2.11. The van der Waals surface area contributed by atoms with Crippen molar-refractivity contribution in [2.75, 3.05) is 6.54 Å². The molecule has 0 aliphatic carbocycles. The Morgan fingerprint density at radius 3 is 2.76 bits per heavy atom. The zero-order valence-corrected chi connectivity index (χ0v) is 9.95. The van der Waals surface area contributed by atoms with Gasteiger partial charge in [-0.05, 0) is 17.7 Å². The molecule has 5 heteroatoms. The molecule has 0 saturated carbocycles. The van der Waals surface area contributed by atoms with E-state index < -0.39 is 6.10 Å². The van der Waals surface area contributed by atoms with E-state index in [2.05, 4.69) is 10.3 Å². The number of hydrogen-bond donors (Lipinski definition) is 2. The van der Waals surface area contributed by atoms with Crippen molar-refractivity contribution in [2.24, 2.45) is 0 Å². The zero-order valence-electron chi connectivity index (χ0n) is 9.14. The maximum Gasteiger partial charge on any atom is 0.123 e. The van der Waals surface area contributed by atoms with Crippen molar-refractivity contribution >= 4 is 11.3 Å². The standard InChI is InChI=1S/C12H13FN2OS/c13-10-3-1-9(2-4-10)12(16)6-14-5-11-7-17-8-15-11/h1-4,7-8,12,14,16H,5-6H2. The number of hydrogen-bond acceptors (Lipinski definition) is 4. The van der Waals surface area contributed by atoms with E-state index in [0.717, 1.165) is 5.69 Å². The Labute approximate surface area is 103 Å². The molecule has 0 radical (unpaired) electrons. The van der Waals surface area contributed by atoms with Crippen molar-refractivity contribution in [3.05, 3.63) is 52.2 Å². The Hall–Kier alpha value is -1.30.